The second-order valence-electron chi connectivity index (χ2n) is 4.74. The molecule has 3 N–H and O–H groups in total. The molecule has 0 saturated heterocycles. The van der Waals surface area contributed by atoms with Crippen LogP contribution in [0.1, 0.15) is 26.3 Å². The summed E-state index contributed by atoms with van der Waals surface area (Å²) in [5.41, 5.74) is 7.08. The summed E-state index contributed by atoms with van der Waals surface area (Å²) in [6, 6.07) is 5.90. The monoisotopic (exact) mass is 269 g/mol. The molecule has 0 aromatic heterocycles. The molecule has 0 radical (unpaired) electrons. The lowest BCUT2D eigenvalue weighted by Gasteiger charge is -2.30. The van der Waals surface area contributed by atoms with Gasteiger partial charge in [-0.3, -0.25) is 0 Å². The van der Waals surface area contributed by atoms with E-state index in [1.807, 2.05) is 19.2 Å². The van der Waals surface area contributed by atoms with E-state index in [1.54, 1.807) is 6.07 Å². The number of oxime groups is 1. The number of hydrogen-bond acceptors (Lipinski definition) is 3. The summed E-state index contributed by atoms with van der Waals surface area (Å²) in [5, 5.41) is 12.1. The maximum Gasteiger partial charge on any atom is 0.171 e. The largest absolute Gasteiger partial charge is 0.409 e. The molecule has 0 bridgehead atoms. The Morgan fingerprint density at radius 3 is 2.44 bits per heavy atom. The SMILES string of the molecule is CC(C)C(C)N(C)c1ccc(C(N)=NO)c(Cl)c1. The van der Waals surface area contributed by atoms with Crippen molar-refractivity contribution in [2.24, 2.45) is 16.8 Å². The van der Waals surface area contributed by atoms with Crippen LogP contribution in [-0.2, 0) is 0 Å². The van der Waals surface area contributed by atoms with Crippen LogP contribution in [0.3, 0.4) is 0 Å². The number of anilines is 1. The van der Waals surface area contributed by atoms with Crippen LogP contribution in [0.5, 0.6) is 0 Å². The van der Waals surface area contributed by atoms with Crippen molar-refractivity contribution >= 4 is 23.1 Å². The zero-order valence-electron chi connectivity index (χ0n) is 11.2. The zero-order valence-corrected chi connectivity index (χ0v) is 11.9. The number of nitrogens with zero attached hydrogens (tertiary/aromatic N) is 2. The Kier molecular flexibility index (Phi) is 4.84. The fraction of sp³-hybridized carbons (Fsp3) is 0.462. The second kappa shape index (κ2) is 5.96. The minimum absolute atomic E-state index is 0.0195. The predicted octanol–water partition coefficient (Wildman–Crippen LogP) is 2.92. The molecule has 1 unspecified atom stereocenters. The summed E-state index contributed by atoms with van der Waals surface area (Å²) in [5.74, 6) is 0.559. The third-order valence-corrected chi connectivity index (χ3v) is 3.63. The van der Waals surface area contributed by atoms with E-state index in [0.717, 1.165) is 5.69 Å². The van der Waals surface area contributed by atoms with Crippen LogP contribution in [0.2, 0.25) is 5.02 Å². The summed E-state index contributed by atoms with van der Waals surface area (Å²) >= 11 is 6.13. The van der Waals surface area contributed by atoms with Crippen molar-refractivity contribution in [3.05, 3.63) is 28.8 Å². The molecule has 0 saturated carbocycles. The van der Waals surface area contributed by atoms with Gasteiger partial charge in [-0.15, -0.1) is 0 Å². The van der Waals surface area contributed by atoms with E-state index in [0.29, 0.717) is 22.5 Å². The van der Waals surface area contributed by atoms with E-state index in [9.17, 15) is 0 Å². The minimum Gasteiger partial charge on any atom is -0.409 e. The molecule has 100 valence electrons. The fourth-order valence-corrected chi connectivity index (χ4v) is 1.94. The molecule has 1 aromatic rings. The van der Waals surface area contributed by atoms with Crippen LogP contribution in [0.4, 0.5) is 5.69 Å². The molecule has 0 aliphatic heterocycles. The first-order valence-electron chi connectivity index (χ1n) is 5.88. The van der Waals surface area contributed by atoms with Crippen molar-refractivity contribution in [2.45, 2.75) is 26.8 Å². The standard InChI is InChI=1S/C13H20ClN3O/c1-8(2)9(3)17(4)10-5-6-11(12(14)7-10)13(15)16-18/h5-9,18H,1-4H3,(H2,15,16). The van der Waals surface area contributed by atoms with E-state index >= 15 is 0 Å². The lowest BCUT2D eigenvalue weighted by Crippen LogP contribution is -2.33. The van der Waals surface area contributed by atoms with Crippen molar-refractivity contribution in [1.82, 2.24) is 0 Å². The molecule has 0 spiro atoms. The van der Waals surface area contributed by atoms with Crippen LogP contribution in [-0.4, -0.2) is 24.1 Å². The highest BCUT2D eigenvalue weighted by atomic mass is 35.5. The number of halogens is 1. The molecule has 0 heterocycles. The molecule has 4 nitrogen and oxygen atoms in total. The molecular formula is C13H20ClN3O. The van der Waals surface area contributed by atoms with Gasteiger partial charge in [0.25, 0.3) is 0 Å². The number of hydrogen-bond donors (Lipinski definition) is 2. The van der Waals surface area contributed by atoms with Gasteiger partial charge in [-0.25, -0.2) is 0 Å². The topological polar surface area (TPSA) is 61.8 Å². The lowest BCUT2D eigenvalue weighted by atomic mass is 10.0. The van der Waals surface area contributed by atoms with Gasteiger partial charge in [0.05, 0.1) is 5.02 Å². The van der Waals surface area contributed by atoms with Gasteiger partial charge in [-0.1, -0.05) is 30.6 Å². The average molecular weight is 270 g/mol. The van der Waals surface area contributed by atoms with Crippen LogP contribution in [0.25, 0.3) is 0 Å². The summed E-state index contributed by atoms with van der Waals surface area (Å²) in [4.78, 5) is 2.16. The molecule has 0 aliphatic carbocycles. The van der Waals surface area contributed by atoms with Crippen molar-refractivity contribution in [2.75, 3.05) is 11.9 Å². The van der Waals surface area contributed by atoms with Crippen LogP contribution in [0, 0.1) is 5.92 Å². The fourth-order valence-electron chi connectivity index (χ4n) is 1.67. The van der Waals surface area contributed by atoms with Gasteiger partial charge in [0, 0.05) is 24.3 Å². The summed E-state index contributed by atoms with van der Waals surface area (Å²) in [6.07, 6.45) is 0. The van der Waals surface area contributed by atoms with Crippen molar-refractivity contribution in [1.29, 1.82) is 0 Å². The Morgan fingerprint density at radius 1 is 1.39 bits per heavy atom. The van der Waals surface area contributed by atoms with Crippen molar-refractivity contribution in [3.63, 3.8) is 0 Å². The van der Waals surface area contributed by atoms with Crippen LogP contribution >= 0.6 is 11.6 Å². The Bertz CT molecular complexity index is 446. The summed E-state index contributed by atoms with van der Waals surface area (Å²) < 4.78 is 0. The maximum absolute atomic E-state index is 8.65. The lowest BCUT2D eigenvalue weighted by molar-refractivity contribution is 0.318. The number of benzene rings is 1. The highest BCUT2D eigenvalue weighted by Gasteiger charge is 2.15. The number of rotatable bonds is 4. The van der Waals surface area contributed by atoms with Gasteiger partial charge >= 0.3 is 0 Å². The third-order valence-electron chi connectivity index (χ3n) is 3.32. The quantitative estimate of drug-likeness (QED) is 0.382. The molecule has 1 aromatic carbocycles. The van der Waals surface area contributed by atoms with E-state index in [1.165, 1.54) is 0 Å². The molecule has 1 atom stereocenters. The molecule has 18 heavy (non-hydrogen) atoms. The van der Waals surface area contributed by atoms with Crippen molar-refractivity contribution < 1.29 is 5.21 Å². The van der Waals surface area contributed by atoms with Gasteiger partial charge in [-0.2, -0.15) is 0 Å². The predicted molar refractivity (Wildman–Crippen MR) is 76.7 cm³/mol. The molecule has 0 fully saturated rings. The molecule has 5 heteroatoms. The van der Waals surface area contributed by atoms with E-state index < -0.39 is 0 Å². The highest BCUT2D eigenvalue weighted by molar-refractivity contribution is 6.34. The molecular weight excluding hydrogens is 250 g/mol. The van der Waals surface area contributed by atoms with E-state index in [4.69, 9.17) is 22.5 Å². The van der Waals surface area contributed by atoms with Gasteiger partial charge < -0.3 is 15.8 Å². The second-order valence-corrected chi connectivity index (χ2v) is 5.15. The summed E-state index contributed by atoms with van der Waals surface area (Å²) in [6.45, 7) is 6.51. The first kappa shape index (κ1) is 14.6. The van der Waals surface area contributed by atoms with Crippen LogP contribution < -0.4 is 10.6 Å². The minimum atomic E-state index is 0.0195. The number of nitrogens with two attached hydrogens (primary N) is 1. The maximum atomic E-state index is 8.65. The molecule has 0 aliphatic rings. The Hall–Kier alpha value is -1.42. The van der Waals surface area contributed by atoms with Gasteiger partial charge in [-0.05, 0) is 31.0 Å². The first-order valence-corrected chi connectivity index (χ1v) is 6.26. The van der Waals surface area contributed by atoms with E-state index in [2.05, 4.69) is 30.8 Å². The zero-order chi connectivity index (χ0) is 13.9. The number of amidine groups is 1. The van der Waals surface area contributed by atoms with E-state index in [-0.39, 0.29) is 5.84 Å². The average Bonchev–Trinajstić information content (AvgIpc) is 2.35. The normalized spacial score (nSPS) is 13.8. The Morgan fingerprint density at radius 2 is 2.00 bits per heavy atom. The Labute approximate surface area is 113 Å². The highest BCUT2D eigenvalue weighted by Crippen LogP contribution is 2.25. The molecule has 1 rings (SSSR count). The van der Waals surface area contributed by atoms with Crippen molar-refractivity contribution in [3.8, 4) is 0 Å². The summed E-state index contributed by atoms with van der Waals surface area (Å²) in [7, 11) is 2.03. The van der Waals surface area contributed by atoms with Gasteiger partial charge in [0.2, 0.25) is 0 Å². The van der Waals surface area contributed by atoms with Crippen LogP contribution in [0.15, 0.2) is 23.4 Å². The van der Waals surface area contributed by atoms with Gasteiger partial charge in [0.15, 0.2) is 5.84 Å². The first-order chi connectivity index (χ1) is 8.38. The smallest absolute Gasteiger partial charge is 0.171 e. The van der Waals surface area contributed by atoms with Gasteiger partial charge in [0.1, 0.15) is 0 Å². The molecule has 0 amide bonds. The Balaban J connectivity index is 3.04. The third kappa shape index (κ3) is 3.07.